The van der Waals surface area contributed by atoms with Crippen molar-refractivity contribution >= 4 is 21.5 Å². The average molecular weight is 313 g/mol. The van der Waals surface area contributed by atoms with Crippen LogP contribution in [0.1, 0.15) is 12.6 Å². The topological polar surface area (TPSA) is 22.1 Å². The molecule has 0 aliphatic carbocycles. The van der Waals surface area contributed by atoms with Crippen LogP contribution in [-0.4, -0.2) is 12.1 Å². The van der Waals surface area contributed by atoms with Gasteiger partial charge < -0.3 is 4.74 Å². The van der Waals surface area contributed by atoms with Crippen molar-refractivity contribution in [2.75, 3.05) is 7.11 Å². The van der Waals surface area contributed by atoms with Crippen LogP contribution in [-0.2, 0) is 6.42 Å². The summed E-state index contributed by atoms with van der Waals surface area (Å²) in [6.07, 6.45) is 0.916. The van der Waals surface area contributed by atoms with Gasteiger partial charge in [0.1, 0.15) is 5.75 Å². The summed E-state index contributed by atoms with van der Waals surface area (Å²) in [5, 5.41) is 4.69. The first kappa shape index (κ1) is 14.7. The quantitative estimate of drug-likeness (QED) is 0.489. The standard InChI is InChI=1S/C22H19NO/c1-3-17-14-16-8-4-5-11-18(16)22(23-17)19-12-6-9-15-10-7-13-20(24-2)21(15)19/h4-14H,3H2,1-2H3. The number of methoxy groups -OCH3 is 1. The molecule has 3 aromatic carbocycles. The van der Waals surface area contributed by atoms with E-state index < -0.39 is 0 Å². The predicted molar refractivity (Wildman–Crippen MR) is 101 cm³/mol. The summed E-state index contributed by atoms with van der Waals surface area (Å²) in [7, 11) is 1.72. The minimum Gasteiger partial charge on any atom is -0.496 e. The molecule has 4 aromatic rings. The fourth-order valence-corrected chi connectivity index (χ4v) is 3.31. The van der Waals surface area contributed by atoms with Crippen molar-refractivity contribution in [3.05, 3.63) is 72.4 Å². The Morgan fingerprint density at radius 3 is 2.42 bits per heavy atom. The van der Waals surface area contributed by atoms with E-state index in [0.29, 0.717) is 0 Å². The molecule has 0 amide bonds. The summed E-state index contributed by atoms with van der Waals surface area (Å²) in [6.45, 7) is 2.14. The first-order valence-corrected chi connectivity index (χ1v) is 8.26. The predicted octanol–water partition coefficient (Wildman–Crippen LogP) is 5.63. The Morgan fingerprint density at radius 2 is 1.62 bits per heavy atom. The molecular formula is C22H19NO. The Bertz CT molecular complexity index is 1030. The van der Waals surface area contributed by atoms with Gasteiger partial charge >= 0.3 is 0 Å². The molecule has 0 spiro atoms. The van der Waals surface area contributed by atoms with Crippen molar-refractivity contribution in [3.63, 3.8) is 0 Å². The molecule has 0 saturated carbocycles. The van der Waals surface area contributed by atoms with Gasteiger partial charge in [0, 0.05) is 22.0 Å². The lowest BCUT2D eigenvalue weighted by Crippen LogP contribution is -1.95. The number of nitrogens with zero attached hydrogens (tertiary/aromatic N) is 1. The summed E-state index contributed by atoms with van der Waals surface area (Å²) in [4.78, 5) is 4.96. The number of rotatable bonds is 3. The van der Waals surface area contributed by atoms with Crippen LogP contribution in [0.5, 0.6) is 5.75 Å². The third-order valence-electron chi connectivity index (χ3n) is 4.50. The van der Waals surface area contributed by atoms with Gasteiger partial charge in [0.2, 0.25) is 0 Å². The van der Waals surface area contributed by atoms with E-state index in [1.165, 1.54) is 16.2 Å². The summed E-state index contributed by atoms with van der Waals surface area (Å²) in [6, 6.07) is 23.1. The van der Waals surface area contributed by atoms with Crippen molar-refractivity contribution in [1.29, 1.82) is 0 Å². The Balaban J connectivity index is 2.14. The number of fused-ring (bicyclic) bond motifs is 2. The van der Waals surface area contributed by atoms with Crippen LogP contribution < -0.4 is 4.74 Å². The second-order valence-electron chi connectivity index (χ2n) is 5.90. The summed E-state index contributed by atoms with van der Waals surface area (Å²) < 4.78 is 5.63. The number of ether oxygens (including phenoxy) is 1. The summed E-state index contributed by atoms with van der Waals surface area (Å²) >= 11 is 0. The second-order valence-corrected chi connectivity index (χ2v) is 5.90. The molecule has 1 heterocycles. The highest BCUT2D eigenvalue weighted by molar-refractivity contribution is 6.06. The molecule has 0 aliphatic rings. The minimum absolute atomic E-state index is 0.885. The van der Waals surface area contributed by atoms with Crippen LogP contribution in [0.4, 0.5) is 0 Å². The number of aryl methyl sites for hydroxylation is 1. The van der Waals surface area contributed by atoms with Crippen LogP contribution in [0.3, 0.4) is 0 Å². The fourth-order valence-electron chi connectivity index (χ4n) is 3.31. The van der Waals surface area contributed by atoms with E-state index in [1.807, 2.05) is 12.1 Å². The third-order valence-corrected chi connectivity index (χ3v) is 4.50. The molecule has 0 fully saturated rings. The third kappa shape index (κ3) is 2.31. The second kappa shape index (κ2) is 5.97. The van der Waals surface area contributed by atoms with Gasteiger partial charge in [0.25, 0.3) is 0 Å². The molecular weight excluding hydrogens is 294 g/mol. The van der Waals surface area contributed by atoms with Crippen molar-refractivity contribution in [2.45, 2.75) is 13.3 Å². The van der Waals surface area contributed by atoms with Gasteiger partial charge in [-0.2, -0.15) is 0 Å². The lowest BCUT2D eigenvalue weighted by Gasteiger charge is -2.13. The Labute approximate surface area is 141 Å². The highest BCUT2D eigenvalue weighted by atomic mass is 16.5. The monoisotopic (exact) mass is 313 g/mol. The average Bonchev–Trinajstić information content (AvgIpc) is 2.66. The van der Waals surface area contributed by atoms with Crippen LogP contribution in [0.2, 0.25) is 0 Å². The van der Waals surface area contributed by atoms with Crippen LogP contribution >= 0.6 is 0 Å². The van der Waals surface area contributed by atoms with Crippen molar-refractivity contribution in [1.82, 2.24) is 4.98 Å². The highest BCUT2D eigenvalue weighted by Gasteiger charge is 2.13. The first-order valence-electron chi connectivity index (χ1n) is 8.26. The molecule has 2 nitrogen and oxygen atoms in total. The number of pyridine rings is 1. The minimum atomic E-state index is 0.885. The smallest absolute Gasteiger partial charge is 0.127 e. The fraction of sp³-hybridized carbons (Fsp3) is 0.136. The molecule has 0 radical (unpaired) electrons. The van der Waals surface area contributed by atoms with Gasteiger partial charge in [-0.05, 0) is 29.3 Å². The Morgan fingerprint density at radius 1 is 0.875 bits per heavy atom. The van der Waals surface area contributed by atoms with Gasteiger partial charge in [-0.25, -0.2) is 0 Å². The molecule has 0 atom stereocenters. The van der Waals surface area contributed by atoms with Gasteiger partial charge in [-0.3, -0.25) is 4.98 Å². The lowest BCUT2D eigenvalue weighted by molar-refractivity contribution is 0.420. The lowest BCUT2D eigenvalue weighted by atomic mass is 9.97. The molecule has 24 heavy (non-hydrogen) atoms. The maximum absolute atomic E-state index is 5.63. The van der Waals surface area contributed by atoms with Gasteiger partial charge in [0.15, 0.2) is 0 Å². The normalized spacial score (nSPS) is 11.1. The van der Waals surface area contributed by atoms with E-state index in [1.54, 1.807) is 7.11 Å². The molecule has 0 bridgehead atoms. The van der Waals surface area contributed by atoms with Crippen LogP contribution in [0, 0.1) is 0 Å². The van der Waals surface area contributed by atoms with Gasteiger partial charge in [0.05, 0.1) is 12.8 Å². The molecule has 0 aliphatic heterocycles. The zero-order valence-corrected chi connectivity index (χ0v) is 13.9. The molecule has 0 unspecified atom stereocenters. The van der Waals surface area contributed by atoms with E-state index in [0.717, 1.165) is 34.5 Å². The number of hydrogen-bond acceptors (Lipinski definition) is 2. The Hall–Kier alpha value is -2.87. The first-order chi connectivity index (χ1) is 11.8. The maximum atomic E-state index is 5.63. The van der Waals surface area contributed by atoms with E-state index in [2.05, 4.69) is 61.5 Å². The van der Waals surface area contributed by atoms with E-state index in [9.17, 15) is 0 Å². The number of hydrogen-bond donors (Lipinski definition) is 0. The van der Waals surface area contributed by atoms with Gasteiger partial charge in [-0.15, -0.1) is 0 Å². The summed E-state index contributed by atoms with van der Waals surface area (Å²) in [5.41, 5.74) is 3.26. The number of aromatic nitrogens is 1. The van der Waals surface area contributed by atoms with E-state index >= 15 is 0 Å². The summed E-state index contributed by atoms with van der Waals surface area (Å²) in [5.74, 6) is 0.885. The molecule has 0 saturated heterocycles. The zero-order chi connectivity index (χ0) is 16.5. The van der Waals surface area contributed by atoms with Crippen molar-refractivity contribution in [2.24, 2.45) is 0 Å². The van der Waals surface area contributed by atoms with E-state index in [-0.39, 0.29) is 0 Å². The molecule has 2 heteroatoms. The van der Waals surface area contributed by atoms with Crippen molar-refractivity contribution in [3.8, 4) is 17.0 Å². The van der Waals surface area contributed by atoms with Gasteiger partial charge in [-0.1, -0.05) is 61.5 Å². The Kier molecular flexibility index (Phi) is 3.66. The molecule has 118 valence electrons. The van der Waals surface area contributed by atoms with Crippen LogP contribution in [0.25, 0.3) is 32.8 Å². The molecule has 1 aromatic heterocycles. The zero-order valence-electron chi connectivity index (χ0n) is 13.9. The van der Waals surface area contributed by atoms with E-state index in [4.69, 9.17) is 9.72 Å². The highest BCUT2D eigenvalue weighted by Crippen LogP contribution is 2.37. The largest absolute Gasteiger partial charge is 0.496 e. The number of benzene rings is 3. The maximum Gasteiger partial charge on any atom is 0.127 e. The SMILES string of the molecule is CCc1cc2ccccc2c(-c2cccc3cccc(OC)c23)n1. The van der Waals surface area contributed by atoms with Crippen LogP contribution in [0.15, 0.2) is 66.7 Å². The molecule has 4 rings (SSSR count). The molecule has 0 N–H and O–H groups in total. The van der Waals surface area contributed by atoms with Crippen molar-refractivity contribution < 1.29 is 4.74 Å².